The smallest absolute Gasteiger partial charge is 0.257 e. The van der Waals surface area contributed by atoms with Gasteiger partial charge in [-0.25, -0.2) is 13.4 Å². The van der Waals surface area contributed by atoms with E-state index in [1.165, 1.54) is 34.6 Å². The average Bonchev–Trinajstić information content (AvgIpc) is 3.05. The van der Waals surface area contributed by atoms with Gasteiger partial charge in [-0.1, -0.05) is 18.2 Å². The molecule has 27 heavy (non-hydrogen) atoms. The van der Waals surface area contributed by atoms with Gasteiger partial charge >= 0.3 is 0 Å². The lowest BCUT2D eigenvalue weighted by atomic mass is 10.1. The van der Waals surface area contributed by atoms with E-state index in [9.17, 15) is 13.2 Å². The Morgan fingerprint density at radius 3 is 2.37 bits per heavy atom. The first-order valence-electron chi connectivity index (χ1n) is 8.30. The van der Waals surface area contributed by atoms with Gasteiger partial charge in [-0.05, 0) is 55.7 Å². The Morgan fingerprint density at radius 2 is 1.70 bits per heavy atom. The summed E-state index contributed by atoms with van der Waals surface area (Å²) in [6, 6.07) is 10.6. The molecule has 2 aromatic carbocycles. The highest BCUT2D eigenvalue weighted by Crippen LogP contribution is 2.27. The molecule has 1 aromatic heterocycles. The number of thiazole rings is 1. The van der Waals surface area contributed by atoms with Crippen molar-refractivity contribution >= 4 is 32.2 Å². The molecule has 0 aliphatic rings. The first-order chi connectivity index (χ1) is 12.6. The molecule has 0 aliphatic carbocycles. The molecule has 0 aliphatic heterocycles. The molecule has 0 saturated carbocycles. The number of hydrogen-bond donors (Lipinski definition) is 1. The molecular formula is C20H20N2O3S2. The SMILES string of the molecule is Cc1ccc(-c2csc(NC(=O)c3cc(S(C)(=O)=O)ccc3C)n2)cc1C. The highest BCUT2D eigenvalue weighted by molar-refractivity contribution is 7.90. The van der Waals surface area contributed by atoms with E-state index in [2.05, 4.69) is 23.3 Å². The van der Waals surface area contributed by atoms with Crippen LogP contribution in [0, 0.1) is 20.8 Å². The van der Waals surface area contributed by atoms with Crippen LogP contribution in [0.1, 0.15) is 27.0 Å². The molecule has 0 atom stereocenters. The second-order valence-corrected chi connectivity index (χ2v) is 9.41. The van der Waals surface area contributed by atoms with Crippen LogP contribution in [-0.2, 0) is 9.84 Å². The summed E-state index contributed by atoms with van der Waals surface area (Å²) in [5.41, 5.74) is 5.19. The number of rotatable bonds is 4. The highest BCUT2D eigenvalue weighted by Gasteiger charge is 2.16. The number of anilines is 1. The predicted octanol–water partition coefficient (Wildman–Crippen LogP) is 4.39. The number of carbonyl (C=O) groups excluding carboxylic acids is 1. The van der Waals surface area contributed by atoms with Gasteiger partial charge in [0, 0.05) is 22.8 Å². The van der Waals surface area contributed by atoms with E-state index in [4.69, 9.17) is 0 Å². The maximum Gasteiger partial charge on any atom is 0.257 e. The van der Waals surface area contributed by atoms with Crippen molar-refractivity contribution in [2.45, 2.75) is 25.7 Å². The minimum absolute atomic E-state index is 0.119. The summed E-state index contributed by atoms with van der Waals surface area (Å²) < 4.78 is 23.5. The minimum Gasteiger partial charge on any atom is -0.298 e. The van der Waals surface area contributed by atoms with Crippen molar-refractivity contribution in [3.63, 3.8) is 0 Å². The zero-order valence-corrected chi connectivity index (χ0v) is 17.2. The van der Waals surface area contributed by atoms with Gasteiger partial charge in [-0.3, -0.25) is 10.1 Å². The first-order valence-corrected chi connectivity index (χ1v) is 11.1. The number of nitrogens with zero attached hydrogens (tertiary/aromatic N) is 1. The normalized spacial score (nSPS) is 11.4. The van der Waals surface area contributed by atoms with E-state index in [1.807, 2.05) is 24.4 Å². The Kier molecular flexibility index (Phi) is 5.17. The predicted molar refractivity (Wildman–Crippen MR) is 109 cm³/mol. The third-order valence-electron chi connectivity index (χ3n) is 4.41. The summed E-state index contributed by atoms with van der Waals surface area (Å²) in [5.74, 6) is -0.376. The molecule has 3 rings (SSSR count). The van der Waals surface area contributed by atoms with Crippen molar-refractivity contribution in [3.8, 4) is 11.3 Å². The second kappa shape index (κ2) is 7.25. The lowest BCUT2D eigenvalue weighted by Crippen LogP contribution is -2.14. The Hall–Kier alpha value is -2.51. The molecule has 0 bridgehead atoms. The molecule has 1 amide bonds. The fourth-order valence-electron chi connectivity index (χ4n) is 2.61. The molecule has 1 heterocycles. The first kappa shape index (κ1) is 19.3. The number of carbonyl (C=O) groups is 1. The van der Waals surface area contributed by atoms with Gasteiger partial charge in [0.1, 0.15) is 0 Å². The van der Waals surface area contributed by atoms with Gasteiger partial charge in [0.2, 0.25) is 0 Å². The number of hydrogen-bond acceptors (Lipinski definition) is 5. The van der Waals surface area contributed by atoms with E-state index in [-0.39, 0.29) is 10.8 Å². The van der Waals surface area contributed by atoms with Crippen molar-refractivity contribution in [1.29, 1.82) is 0 Å². The van der Waals surface area contributed by atoms with Crippen molar-refractivity contribution in [2.24, 2.45) is 0 Å². The Morgan fingerprint density at radius 1 is 1.00 bits per heavy atom. The fourth-order valence-corrected chi connectivity index (χ4v) is 3.97. The lowest BCUT2D eigenvalue weighted by molar-refractivity contribution is 0.102. The summed E-state index contributed by atoms with van der Waals surface area (Å²) in [6.45, 7) is 5.87. The second-order valence-electron chi connectivity index (χ2n) is 6.54. The summed E-state index contributed by atoms with van der Waals surface area (Å²) in [6.07, 6.45) is 1.12. The average molecular weight is 401 g/mol. The summed E-state index contributed by atoms with van der Waals surface area (Å²) >= 11 is 1.33. The Bertz CT molecular complexity index is 1130. The molecule has 3 aromatic rings. The quantitative estimate of drug-likeness (QED) is 0.705. The fraction of sp³-hybridized carbons (Fsp3) is 0.200. The molecule has 140 valence electrons. The zero-order valence-electron chi connectivity index (χ0n) is 15.5. The molecule has 0 spiro atoms. The summed E-state index contributed by atoms with van der Waals surface area (Å²) in [5, 5.41) is 5.13. The molecule has 0 unspecified atom stereocenters. The third kappa shape index (κ3) is 4.26. The lowest BCUT2D eigenvalue weighted by Gasteiger charge is -2.07. The largest absolute Gasteiger partial charge is 0.298 e. The maximum absolute atomic E-state index is 12.6. The van der Waals surface area contributed by atoms with Gasteiger partial charge in [0.05, 0.1) is 10.6 Å². The standard InChI is InChI=1S/C20H20N2O3S2/c1-12-5-7-15(9-14(12)3)18-11-26-20(21-18)22-19(23)17-10-16(27(4,24)25)8-6-13(17)2/h5-11H,1-4H3,(H,21,22,23). The molecule has 0 fully saturated rings. The number of aromatic nitrogens is 1. The van der Waals surface area contributed by atoms with Crippen molar-refractivity contribution in [1.82, 2.24) is 4.98 Å². The van der Waals surface area contributed by atoms with Crippen LogP contribution in [0.5, 0.6) is 0 Å². The van der Waals surface area contributed by atoms with Crippen LogP contribution >= 0.6 is 11.3 Å². The Balaban J connectivity index is 1.85. The van der Waals surface area contributed by atoms with E-state index in [1.54, 1.807) is 13.0 Å². The van der Waals surface area contributed by atoms with Crippen molar-refractivity contribution < 1.29 is 13.2 Å². The van der Waals surface area contributed by atoms with Crippen LogP contribution in [0.2, 0.25) is 0 Å². The van der Waals surface area contributed by atoms with Crippen LogP contribution in [0.4, 0.5) is 5.13 Å². The van der Waals surface area contributed by atoms with Crippen molar-refractivity contribution in [2.75, 3.05) is 11.6 Å². The van der Waals surface area contributed by atoms with Crippen LogP contribution in [0.25, 0.3) is 11.3 Å². The number of amides is 1. The topological polar surface area (TPSA) is 76.1 Å². The molecule has 5 nitrogen and oxygen atoms in total. The highest BCUT2D eigenvalue weighted by atomic mass is 32.2. The van der Waals surface area contributed by atoms with Crippen LogP contribution in [0.15, 0.2) is 46.7 Å². The molecule has 7 heteroatoms. The van der Waals surface area contributed by atoms with Gasteiger partial charge in [0.15, 0.2) is 15.0 Å². The maximum atomic E-state index is 12.6. The Labute approximate surface area is 163 Å². The van der Waals surface area contributed by atoms with Crippen LogP contribution in [-0.4, -0.2) is 25.6 Å². The molecular weight excluding hydrogens is 380 g/mol. The monoisotopic (exact) mass is 400 g/mol. The van der Waals surface area contributed by atoms with E-state index >= 15 is 0 Å². The van der Waals surface area contributed by atoms with Crippen LogP contribution in [0.3, 0.4) is 0 Å². The minimum atomic E-state index is -3.38. The zero-order chi connectivity index (χ0) is 19.8. The van der Waals surface area contributed by atoms with E-state index < -0.39 is 9.84 Å². The van der Waals surface area contributed by atoms with Crippen molar-refractivity contribution in [3.05, 3.63) is 64.0 Å². The van der Waals surface area contributed by atoms with E-state index in [0.717, 1.165) is 17.5 Å². The van der Waals surface area contributed by atoms with Crippen LogP contribution < -0.4 is 5.32 Å². The number of nitrogens with one attached hydrogen (secondary N) is 1. The van der Waals surface area contributed by atoms with E-state index in [0.29, 0.717) is 16.3 Å². The molecule has 1 N–H and O–H groups in total. The third-order valence-corrected chi connectivity index (χ3v) is 6.28. The molecule has 0 saturated heterocycles. The van der Waals surface area contributed by atoms with Gasteiger partial charge in [0.25, 0.3) is 5.91 Å². The number of sulfone groups is 1. The number of aryl methyl sites for hydroxylation is 3. The molecule has 0 radical (unpaired) electrons. The van der Waals surface area contributed by atoms with Gasteiger partial charge < -0.3 is 0 Å². The van der Waals surface area contributed by atoms with Gasteiger partial charge in [-0.15, -0.1) is 11.3 Å². The summed E-state index contributed by atoms with van der Waals surface area (Å²) in [4.78, 5) is 17.2. The number of benzene rings is 2. The summed E-state index contributed by atoms with van der Waals surface area (Å²) in [7, 11) is -3.38. The van der Waals surface area contributed by atoms with Gasteiger partial charge in [-0.2, -0.15) is 0 Å².